The molecule has 3 aromatic rings. The molecule has 0 spiro atoms. The molecule has 2 aromatic carbocycles. The number of nitriles is 1. The predicted octanol–water partition coefficient (Wildman–Crippen LogP) is 3.82. The lowest BCUT2D eigenvalue weighted by atomic mass is 10.0. The first-order valence-electron chi connectivity index (χ1n) is 14.7. The number of likely N-dealkylation sites (N-methyl/N-ethyl adjacent to an activating group) is 1. The molecule has 2 atom stereocenters. The van der Waals surface area contributed by atoms with Crippen LogP contribution in [0.25, 0.3) is 10.8 Å². The Labute approximate surface area is 242 Å². The van der Waals surface area contributed by atoms with Gasteiger partial charge in [0.05, 0.1) is 30.8 Å². The number of hydrogen-bond donors (Lipinski definition) is 1. The molecule has 6 rings (SSSR count). The number of likely N-dealkylation sites (tertiary alicyclic amines) is 1. The van der Waals surface area contributed by atoms with Crippen LogP contribution in [0, 0.1) is 11.3 Å². The Balaban J connectivity index is 1.33. The number of rotatable bonds is 7. The van der Waals surface area contributed by atoms with Crippen LogP contribution in [0.3, 0.4) is 0 Å². The Morgan fingerprint density at radius 3 is 2.76 bits per heavy atom. The van der Waals surface area contributed by atoms with Gasteiger partial charge in [0.15, 0.2) is 0 Å². The maximum atomic E-state index is 12.5. The third kappa shape index (κ3) is 5.44. The van der Waals surface area contributed by atoms with E-state index in [0.717, 1.165) is 37.6 Å². The van der Waals surface area contributed by atoms with Crippen molar-refractivity contribution in [3.8, 4) is 6.07 Å². The van der Waals surface area contributed by atoms with Gasteiger partial charge < -0.3 is 24.9 Å². The SMILES string of the molecule is C=CC(=O)N1CCN(c2nc(NCC3CCCN3C)nc3c2CCN(c2cccc4ccccc24)C3)CC1CC#N. The standard InChI is InChI=1S/C32H38N8O/c1-3-30(41)40-19-18-39(21-25(40)13-15-33)31-27-14-17-38(29-12-6-9-23-8-4-5-11-26(23)29)22-28(27)35-32(36-31)34-20-24-10-7-16-37(24)2/h3-6,8-9,11-12,24-25H,1,7,10,13-14,16-22H2,2H3,(H,34,35,36). The van der Waals surface area contributed by atoms with Crippen LogP contribution >= 0.6 is 0 Å². The van der Waals surface area contributed by atoms with Crippen LogP contribution in [-0.2, 0) is 17.8 Å². The maximum absolute atomic E-state index is 12.5. The minimum Gasteiger partial charge on any atom is -0.365 e. The van der Waals surface area contributed by atoms with Gasteiger partial charge in [-0.25, -0.2) is 4.98 Å². The van der Waals surface area contributed by atoms with Gasteiger partial charge >= 0.3 is 0 Å². The summed E-state index contributed by atoms with van der Waals surface area (Å²) in [5.74, 6) is 1.46. The predicted molar refractivity (Wildman–Crippen MR) is 163 cm³/mol. The normalized spacial score (nSPS) is 21.0. The first-order valence-corrected chi connectivity index (χ1v) is 14.7. The van der Waals surface area contributed by atoms with E-state index in [1.165, 1.54) is 40.9 Å². The molecular weight excluding hydrogens is 512 g/mol. The van der Waals surface area contributed by atoms with Crippen molar-refractivity contribution in [1.29, 1.82) is 5.26 Å². The molecule has 1 N–H and O–H groups in total. The molecule has 0 saturated carbocycles. The highest BCUT2D eigenvalue weighted by molar-refractivity contribution is 5.94. The lowest BCUT2D eigenvalue weighted by molar-refractivity contribution is -0.128. The minimum atomic E-state index is -0.204. The van der Waals surface area contributed by atoms with Crippen molar-refractivity contribution >= 4 is 34.1 Å². The highest BCUT2D eigenvalue weighted by atomic mass is 16.2. The Morgan fingerprint density at radius 1 is 1.10 bits per heavy atom. The second-order valence-electron chi connectivity index (χ2n) is 11.3. The van der Waals surface area contributed by atoms with Crippen LogP contribution in [0.4, 0.5) is 17.5 Å². The van der Waals surface area contributed by atoms with Crippen LogP contribution in [0.5, 0.6) is 0 Å². The fraction of sp³-hybridized carbons (Fsp3) is 0.438. The second-order valence-corrected chi connectivity index (χ2v) is 11.3. The summed E-state index contributed by atoms with van der Waals surface area (Å²) in [7, 11) is 2.18. The van der Waals surface area contributed by atoms with Crippen LogP contribution in [0.15, 0.2) is 55.1 Å². The third-order valence-electron chi connectivity index (χ3n) is 8.88. The van der Waals surface area contributed by atoms with E-state index in [1.54, 1.807) is 4.90 Å². The van der Waals surface area contributed by atoms with E-state index >= 15 is 0 Å². The lowest BCUT2D eigenvalue weighted by Crippen LogP contribution is -2.55. The molecule has 2 saturated heterocycles. The first kappa shape index (κ1) is 27.0. The van der Waals surface area contributed by atoms with Crippen LogP contribution in [0.1, 0.15) is 30.5 Å². The number of fused-ring (bicyclic) bond motifs is 2. The van der Waals surface area contributed by atoms with Crippen molar-refractivity contribution in [2.45, 2.75) is 44.3 Å². The average Bonchev–Trinajstić information content (AvgIpc) is 3.43. The summed E-state index contributed by atoms with van der Waals surface area (Å²) in [6, 6.07) is 17.6. The van der Waals surface area contributed by atoms with E-state index in [4.69, 9.17) is 9.97 Å². The van der Waals surface area contributed by atoms with Crippen molar-refractivity contribution in [3.63, 3.8) is 0 Å². The smallest absolute Gasteiger partial charge is 0.246 e. The van der Waals surface area contributed by atoms with E-state index in [2.05, 4.69) is 82.2 Å². The topological polar surface area (TPSA) is 91.6 Å². The number of benzene rings is 2. The molecule has 3 aliphatic heterocycles. The number of anilines is 3. The molecule has 9 heteroatoms. The molecule has 0 aliphatic carbocycles. The van der Waals surface area contributed by atoms with Crippen LogP contribution in [0.2, 0.25) is 0 Å². The van der Waals surface area contributed by atoms with Gasteiger partial charge in [-0.3, -0.25) is 4.79 Å². The van der Waals surface area contributed by atoms with Crippen molar-refractivity contribution < 1.29 is 4.79 Å². The number of carbonyl (C=O) groups is 1. The summed E-state index contributed by atoms with van der Waals surface area (Å²) in [5.41, 5.74) is 3.43. The lowest BCUT2D eigenvalue weighted by Gasteiger charge is -2.42. The highest BCUT2D eigenvalue weighted by Crippen LogP contribution is 2.34. The summed E-state index contributed by atoms with van der Waals surface area (Å²) in [5, 5.41) is 15.6. The van der Waals surface area contributed by atoms with Gasteiger partial charge in [0.25, 0.3) is 0 Å². The summed E-state index contributed by atoms with van der Waals surface area (Å²) in [4.78, 5) is 31.6. The molecule has 9 nitrogen and oxygen atoms in total. The van der Waals surface area contributed by atoms with E-state index in [-0.39, 0.29) is 18.4 Å². The van der Waals surface area contributed by atoms with E-state index in [9.17, 15) is 10.1 Å². The molecule has 212 valence electrons. The molecule has 41 heavy (non-hydrogen) atoms. The van der Waals surface area contributed by atoms with Gasteiger partial charge in [-0.2, -0.15) is 10.2 Å². The highest BCUT2D eigenvalue weighted by Gasteiger charge is 2.33. The Morgan fingerprint density at radius 2 is 1.95 bits per heavy atom. The number of hydrogen-bond acceptors (Lipinski definition) is 8. The zero-order valence-corrected chi connectivity index (χ0v) is 23.8. The van der Waals surface area contributed by atoms with E-state index in [0.29, 0.717) is 38.2 Å². The maximum Gasteiger partial charge on any atom is 0.246 e. The summed E-state index contributed by atoms with van der Waals surface area (Å²) in [6.07, 6.45) is 4.83. The number of nitrogens with zero attached hydrogens (tertiary/aromatic N) is 7. The van der Waals surface area contributed by atoms with Crippen LogP contribution < -0.4 is 15.1 Å². The first-order chi connectivity index (χ1) is 20.1. The molecule has 0 bridgehead atoms. The van der Waals surface area contributed by atoms with Crippen molar-refractivity contribution in [2.75, 3.05) is 61.4 Å². The second kappa shape index (κ2) is 11.8. The average molecular weight is 551 g/mol. The number of aromatic nitrogens is 2. The van der Waals surface area contributed by atoms with Gasteiger partial charge in [-0.15, -0.1) is 0 Å². The molecule has 4 heterocycles. The fourth-order valence-electron chi connectivity index (χ4n) is 6.62. The van der Waals surface area contributed by atoms with Gasteiger partial charge in [0, 0.05) is 55.4 Å². The summed E-state index contributed by atoms with van der Waals surface area (Å²) >= 11 is 0. The van der Waals surface area contributed by atoms with Crippen molar-refractivity contribution in [3.05, 3.63) is 66.4 Å². The quantitative estimate of drug-likeness (QED) is 0.444. The number of nitrogens with one attached hydrogen (secondary N) is 1. The number of piperazine rings is 1. The fourth-order valence-corrected chi connectivity index (χ4v) is 6.62. The monoisotopic (exact) mass is 550 g/mol. The summed E-state index contributed by atoms with van der Waals surface area (Å²) in [6.45, 7) is 8.91. The Kier molecular flexibility index (Phi) is 7.75. The molecule has 1 aromatic heterocycles. The molecular formula is C32H38N8O. The zero-order chi connectivity index (χ0) is 28.3. The third-order valence-corrected chi connectivity index (χ3v) is 8.88. The molecule has 3 aliphatic rings. The molecule has 1 amide bonds. The molecule has 2 unspecified atom stereocenters. The van der Waals surface area contributed by atoms with Gasteiger partial charge in [0.2, 0.25) is 11.9 Å². The molecule has 0 radical (unpaired) electrons. The minimum absolute atomic E-state index is 0.122. The van der Waals surface area contributed by atoms with E-state index < -0.39 is 0 Å². The van der Waals surface area contributed by atoms with Gasteiger partial charge in [-0.05, 0) is 50.4 Å². The Hall–Kier alpha value is -4.16. The number of amides is 1. The summed E-state index contributed by atoms with van der Waals surface area (Å²) < 4.78 is 0. The Bertz CT molecular complexity index is 1480. The van der Waals surface area contributed by atoms with Crippen molar-refractivity contribution in [1.82, 2.24) is 19.8 Å². The molecule has 2 fully saturated rings. The zero-order valence-electron chi connectivity index (χ0n) is 23.8. The van der Waals surface area contributed by atoms with Crippen molar-refractivity contribution in [2.24, 2.45) is 0 Å². The van der Waals surface area contributed by atoms with Gasteiger partial charge in [0.1, 0.15) is 5.82 Å². The van der Waals surface area contributed by atoms with Gasteiger partial charge in [-0.1, -0.05) is 43.0 Å². The van der Waals surface area contributed by atoms with Crippen LogP contribution in [-0.4, -0.2) is 84.1 Å². The number of carbonyl (C=O) groups excluding carboxylic acids is 1. The van der Waals surface area contributed by atoms with E-state index in [1.807, 2.05) is 0 Å². The largest absolute Gasteiger partial charge is 0.365 e.